The summed E-state index contributed by atoms with van der Waals surface area (Å²) in [6, 6.07) is 13.8. The fourth-order valence-corrected chi connectivity index (χ4v) is 8.93. The summed E-state index contributed by atoms with van der Waals surface area (Å²) < 4.78 is 60.7. The van der Waals surface area contributed by atoms with E-state index in [-0.39, 0.29) is 59.1 Å². The van der Waals surface area contributed by atoms with Gasteiger partial charge in [0.2, 0.25) is 11.8 Å². The minimum Gasteiger partial charge on any atom is -0.368 e. The van der Waals surface area contributed by atoms with Crippen molar-refractivity contribution in [2.45, 2.75) is 57.4 Å². The van der Waals surface area contributed by atoms with Gasteiger partial charge in [-0.05, 0) is 105 Å². The van der Waals surface area contributed by atoms with Gasteiger partial charge in [0, 0.05) is 79.4 Å². The van der Waals surface area contributed by atoms with Crippen LogP contribution in [0.4, 0.5) is 28.9 Å². The molecule has 14 nitrogen and oxygen atoms in total. The molecule has 0 spiro atoms. The molecule has 2 aromatic heterocycles. The quantitative estimate of drug-likeness (QED) is 0.129. The Bertz CT molecular complexity index is 2800. The van der Waals surface area contributed by atoms with Gasteiger partial charge < -0.3 is 10.2 Å². The third-order valence-corrected chi connectivity index (χ3v) is 12.4. The summed E-state index contributed by atoms with van der Waals surface area (Å²) in [4.78, 5) is 74.9. The first kappa shape index (κ1) is 42.3. The van der Waals surface area contributed by atoms with Crippen molar-refractivity contribution in [1.82, 2.24) is 34.6 Å². The molecular weight excluding hydrogens is 835 g/mol. The number of nitrogens with one attached hydrogen (secondary N) is 2. The first-order chi connectivity index (χ1) is 30.7. The molecule has 0 aliphatic carbocycles. The molecule has 9 rings (SSSR count). The van der Waals surface area contributed by atoms with Gasteiger partial charge in [-0.3, -0.25) is 44.0 Å². The number of imide groups is 2. The highest BCUT2D eigenvalue weighted by Gasteiger charge is 2.45. The second kappa shape index (κ2) is 17.0. The number of likely N-dealkylation sites (tertiary alicyclic amines) is 1. The SMILES string of the molecule is Cc1ccc(C(=O)Nc2ccc(N3CCN(C4CCN(Cc5cc6c(cc5F)C(=O)N(C5CCC(=O)NC5=O)C6=O)CC4)CC3)c(C(F)(F)F)c2)cc1C#Cc1cnc2cccnn12. The fourth-order valence-electron chi connectivity index (χ4n) is 8.93. The topological polar surface area (TPSA) is 153 Å². The van der Waals surface area contributed by atoms with Crippen LogP contribution in [0.15, 0.2) is 73.1 Å². The lowest BCUT2D eigenvalue weighted by Gasteiger charge is -2.43. The number of nitrogens with zero attached hydrogens (tertiary/aromatic N) is 7. The highest BCUT2D eigenvalue weighted by atomic mass is 19.4. The highest BCUT2D eigenvalue weighted by Crippen LogP contribution is 2.39. The summed E-state index contributed by atoms with van der Waals surface area (Å²) in [7, 11) is 0. The molecule has 5 amide bonds. The summed E-state index contributed by atoms with van der Waals surface area (Å²) in [5, 5.41) is 9.03. The molecule has 18 heteroatoms. The Balaban J connectivity index is 0.799. The van der Waals surface area contributed by atoms with Crippen molar-refractivity contribution in [3.63, 3.8) is 0 Å². The fraction of sp³-hybridized carbons (Fsp3) is 0.326. The number of imidazole rings is 1. The number of amides is 5. The van der Waals surface area contributed by atoms with Crippen LogP contribution in [0, 0.1) is 24.6 Å². The van der Waals surface area contributed by atoms with E-state index >= 15 is 4.39 Å². The summed E-state index contributed by atoms with van der Waals surface area (Å²) in [5.41, 5.74) is 2.14. The van der Waals surface area contributed by atoms with E-state index in [2.05, 4.69) is 42.4 Å². The Morgan fingerprint density at radius 1 is 0.891 bits per heavy atom. The molecule has 1 unspecified atom stereocenters. The molecular formula is C46H41F4N9O5. The van der Waals surface area contributed by atoms with Crippen LogP contribution in [-0.4, -0.2) is 110 Å². The zero-order valence-corrected chi connectivity index (χ0v) is 34.5. The Morgan fingerprint density at radius 3 is 2.38 bits per heavy atom. The number of piperidine rings is 2. The largest absolute Gasteiger partial charge is 0.418 e. The number of aryl methyl sites for hydroxylation is 1. The van der Waals surface area contributed by atoms with Crippen LogP contribution < -0.4 is 15.5 Å². The Labute approximate surface area is 364 Å². The van der Waals surface area contributed by atoms with E-state index in [1.165, 1.54) is 18.2 Å². The minimum absolute atomic E-state index is 0.00140. The number of anilines is 2. The second-order valence-corrected chi connectivity index (χ2v) is 16.4. The molecule has 4 aliphatic heterocycles. The first-order valence-electron chi connectivity index (χ1n) is 20.9. The Morgan fingerprint density at radius 2 is 1.64 bits per heavy atom. The zero-order chi connectivity index (χ0) is 44.9. The van der Waals surface area contributed by atoms with E-state index in [9.17, 15) is 37.1 Å². The van der Waals surface area contributed by atoms with Crippen molar-refractivity contribution < 1.29 is 41.5 Å². The number of piperazine rings is 1. The summed E-state index contributed by atoms with van der Waals surface area (Å²) in [5.74, 6) is 2.17. The van der Waals surface area contributed by atoms with Crippen molar-refractivity contribution in [2.24, 2.45) is 0 Å². The van der Waals surface area contributed by atoms with Gasteiger partial charge in [-0.1, -0.05) is 12.0 Å². The van der Waals surface area contributed by atoms with Crippen molar-refractivity contribution in [3.05, 3.63) is 124 Å². The summed E-state index contributed by atoms with van der Waals surface area (Å²) in [6.45, 7) is 5.04. The van der Waals surface area contributed by atoms with Gasteiger partial charge in [-0.25, -0.2) is 13.9 Å². The van der Waals surface area contributed by atoms with E-state index in [0.717, 1.165) is 35.4 Å². The molecule has 0 bridgehead atoms. The molecule has 4 aliphatic rings. The van der Waals surface area contributed by atoms with Gasteiger partial charge in [0.05, 0.1) is 22.9 Å². The van der Waals surface area contributed by atoms with Gasteiger partial charge in [-0.2, -0.15) is 18.3 Å². The maximum atomic E-state index is 15.4. The number of aromatic nitrogens is 3. The van der Waals surface area contributed by atoms with E-state index in [4.69, 9.17) is 0 Å². The summed E-state index contributed by atoms with van der Waals surface area (Å²) >= 11 is 0. The molecule has 328 valence electrons. The van der Waals surface area contributed by atoms with Crippen LogP contribution in [0.5, 0.6) is 0 Å². The van der Waals surface area contributed by atoms with Gasteiger partial charge in [0.1, 0.15) is 17.6 Å². The number of carbonyl (C=O) groups excluding carboxylic acids is 5. The van der Waals surface area contributed by atoms with E-state index in [0.29, 0.717) is 56.2 Å². The lowest BCUT2D eigenvalue weighted by atomic mass is 10.00. The maximum Gasteiger partial charge on any atom is 0.418 e. The van der Waals surface area contributed by atoms with E-state index in [1.54, 1.807) is 52.1 Å². The maximum absolute atomic E-state index is 15.4. The normalized spacial score (nSPS) is 18.9. The molecule has 64 heavy (non-hydrogen) atoms. The number of benzene rings is 3. The van der Waals surface area contributed by atoms with Gasteiger partial charge >= 0.3 is 6.18 Å². The number of fused-ring (bicyclic) bond motifs is 2. The first-order valence-corrected chi connectivity index (χ1v) is 20.9. The third-order valence-electron chi connectivity index (χ3n) is 12.4. The predicted octanol–water partition coefficient (Wildman–Crippen LogP) is 5.04. The third kappa shape index (κ3) is 8.31. The monoisotopic (exact) mass is 875 g/mol. The van der Waals surface area contributed by atoms with Crippen molar-refractivity contribution in [3.8, 4) is 11.8 Å². The lowest BCUT2D eigenvalue weighted by Crippen LogP contribution is -2.54. The molecule has 3 saturated heterocycles. The van der Waals surface area contributed by atoms with E-state index < -0.39 is 53.1 Å². The second-order valence-electron chi connectivity index (χ2n) is 16.4. The van der Waals surface area contributed by atoms with Crippen LogP contribution in [0.2, 0.25) is 0 Å². The number of carbonyl (C=O) groups is 5. The van der Waals surface area contributed by atoms with E-state index in [1.807, 2.05) is 6.92 Å². The molecule has 0 saturated carbocycles. The Hall–Kier alpha value is -6.97. The van der Waals surface area contributed by atoms with Gasteiger partial charge in [0.15, 0.2) is 5.65 Å². The molecule has 6 heterocycles. The van der Waals surface area contributed by atoms with Crippen molar-refractivity contribution >= 4 is 46.6 Å². The van der Waals surface area contributed by atoms with Crippen LogP contribution >= 0.6 is 0 Å². The van der Waals surface area contributed by atoms with Crippen molar-refractivity contribution in [1.29, 1.82) is 0 Å². The van der Waals surface area contributed by atoms with Gasteiger partial charge in [0.25, 0.3) is 17.7 Å². The Kier molecular flexibility index (Phi) is 11.2. The minimum atomic E-state index is -4.69. The number of halogens is 4. The number of hydrogen-bond acceptors (Lipinski definition) is 10. The summed E-state index contributed by atoms with van der Waals surface area (Å²) in [6.07, 6.45) is -0.0149. The molecule has 5 aromatic rings. The molecule has 3 fully saturated rings. The number of rotatable bonds is 7. The average molecular weight is 876 g/mol. The smallest absolute Gasteiger partial charge is 0.368 e. The lowest BCUT2D eigenvalue weighted by molar-refractivity contribution is -0.137. The molecule has 2 N–H and O–H groups in total. The van der Waals surface area contributed by atoms with Crippen LogP contribution in [0.25, 0.3) is 5.65 Å². The van der Waals surface area contributed by atoms with Gasteiger partial charge in [-0.15, -0.1) is 0 Å². The highest BCUT2D eigenvalue weighted by molar-refractivity contribution is 6.23. The van der Waals surface area contributed by atoms with Crippen molar-refractivity contribution in [2.75, 3.05) is 49.5 Å². The molecule has 0 radical (unpaired) electrons. The molecule has 1 atom stereocenters. The standard InChI is InChI=1S/C46H41F4N9O5/c1-27-4-5-29(21-28(27)6-8-33-25-51-40-3-2-14-52-59(33)40)42(61)53-31-7-9-38(36(23-31)46(48,49)50)57-19-17-56(18-20-57)32-12-15-55(16-13-32)26-30-22-34-35(24-37(30)47)45(64)58(44(34)63)39-10-11-41(60)54-43(39)62/h2-5,7,9,14,21-25,32,39H,10-13,15-20,26H2,1H3,(H,53,61)(H,54,60,62). The predicted molar refractivity (Wildman–Crippen MR) is 225 cm³/mol. The van der Waals surface area contributed by atoms with Crippen LogP contribution in [-0.2, 0) is 22.3 Å². The molecule has 3 aromatic carbocycles. The average Bonchev–Trinajstić information content (AvgIpc) is 3.80. The zero-order valence-electron chi connectivity index (χ0n) is 34.5. The number of hydrogen-bond donors (Lipinski definition) is 2. The van der Waals surface area contributed by atoms with Crippen LogP contribution in [0.1, 0.15) is 84.7 Å². The number of alkyl halides is 3. The van der Waals surface area contributed by atoms with Crippen LogP contribution in [0.3, 0.4) is 0 Å².